The van der Waals surface area contributed by atoms with Crippen LogP contribution in [0.4, 0.5) is 19.0 Å². The van der Waals surface area contributed by atoms with Gasteiger partial charge in [-0.1, -0.05) is 12.1 Å². The second-order valence-corrected chi connectivity index (χ2v) is 7.33. The summed E-state index contributed by atoms with van der Waals surface area (Å²) >= 11 is 0. The molecule has 0 saturated heterocycles. The summed E-state index contributed by atoms with van der Waals surface area (Å²) in [6.07, 6.45) is -0.825. The number of benzene rings is 1. The van der Waals surface area contributed by atoms with Crippen LogP contribution in [0.15, 0.2) is 52.0 Å². The number of hydrogen-bond acceptors (Lipinski definition) is 4. The predicted molar refractivity (Wildman–Crippen MR) is 99.0 cm³/mol. The summed E-state index contributed by atoms with van der Waals surface area (Å²) in [5, 5.41) is 6.91. The summed E-state index contributed by atoms with van der Waals surface area (Å²) in [6, 6.07) is 8.37. The SMILES string of the molecule is O=C1CCCC2=Nc3[nH]ncc3C(c3ccc(-c4cccc(C(F)(F)F)c4)o3)C12. The Labute approximate surface area is 163 Å². The Balaban J connectivity index is 1.57. The van der Waals surface area contributed by atoms with Crippen LogP contribution in [0.3, 0.4) is 0 Å². The number of ketones is 1. The van der Waals surface area contributed by atoms with E-state index in [1.807, 2.05) is 0 Å². The molecule has 0 spiro atoms. The molecule has 2 aromatic heterocycles. The maximum Gasteiger partial charge on any atom is 0.416 e. The minimum absolute atomic E-state index is 0.101. The fraction of sp³-hybridized carbons (Fsp3) is 0.286. The molecule has 8 heteroatoms. The molecule has 2 atom stereocenters. The lowest BCUT2D eigenvalue weighted by atomic mass is 9.72. The molecule has 3 aromatic rings. The molecule has 148 valence electrons. The molecule has 5 nitrogen and oxygen atoms in total. The standard InChI is InChI=1S/C21H16F3N3O2/c22-21(23,24)12-4-1-3-11(9-12)16-7-8-17(29-16)18-13-10-25-27-20(13)26-14-5-2-6-15(28)19(14)18/h1,3-4,7-10,18-19H,2,5-6H2,(H,25,27). The Morgan fingerprint density at radius 3 is 2.79 bits per heavy atom. The number of carbonyl (C=O) groups is 1. The molecule has 1 aliphatic heterocycles. The smallest absolute Gasteiger partial charge is 0.416 e. The Hall–Kier alpha value is -3.16. The van der Waals surface area contributed by atoms with Gasteiger partial charge in [-0.3, -0.25) is 9.89 Å². The van der Waals surface area contributed by atoms with E-state index >= 15 is 0 Å². The van der Waals surface area contributed by atoms with E-state index in [1.165, 1.54) is 6.07 Å². The molecule has 1 fully saturated rings. The lowest BCUT2D eigenvalue weighted by Crippen LogP contribution is -2.36. The number of rotatable bonds is 2. The van der Waals surface area contributed by atoms with Crippen molar-refractivity contribution in [3.05, 3.63) is 59.5 Å². The number of aromatic amines is 1. The minimum Gasteiger partial charge on any atom is -0.460 e. The average Bonchev–Trinajstić information content (AvgIpc) is 3.35. The van der Waals surface area contributed by atoms with Gasteiger partial charge in [-0.15, -0.1) is 0 Å². The number of H-pyrrole nitrogens is 1. The van der Waals surface area contributed by atoms with Gasteiger partial charge in [-0.2, -0.15) is 18.3 Å². The first-order valence-electron chi connectivity index (χ1n) is 9.32. The van der Waals surface area contributed by atoms with Crippen LogP contribution in [-0.2, 0) is 11.0 Å². The number of halogens is 3. The summed E-state index contributed by atoms with van der Waals surface area (Å²) in [5.74, 6) is 0.742. The number of aromatic nitrogens is 2. The van der Waals surface area contributed by atoms with Crippen LogP contribution in [0.5, 0.6) is 0 Å². The highest BCUT2D eigenvalue weighted by molar-refractivity contribution is 6.10. The summed E-state index contributed by atoms with van der Waals surface area (Å²) in [7, 11) is 0. The van der Waals surface area contributed by atoms with Crippen molar-refractivity contribution < 1.29 is 22.4 Å². The van der Waals surface area contributed by atoms with Crippen LogP contribution >= 0.6 is 0 Å². The number of carbonyl (C=O) groups excluding carboxylic acids is 1. The van der Waals surface area contributed by atoms with Gasteiger partial charge >= 0.3 is 6.18 Å². The van der Waals surface area contributed by atoms with E-state index in [2.05, 4.69) is 15.2 Å². The molecule has 29 heavy (non-hydrogen) atoms. The molecule has 1 aromatic carbocycles. The second-order valence-electron chi connectivity index (χ2n) is 7.33. The lowest BCUT2D eigenvalue weighted by Gasteiger charge is -2.32. The van der Waals surface area contributed by atoms with E-state index in [-0.39, 0.29) is 11.7 Å². The average molecular weight is 399 g/mol. The van der Waals surface area contributed by atoms with E-state index in [9.17, 15) is 18.0 Å². The molecular weight excluding hydrogens is 383 g/mol. The van der Waals surface area contributed by atoms with Gasteiger partial charge in [0.2, 0.25) is 0 Å². The van der Waals surface area contributed by atoms with Crippen LogP contribution in [0.25, 0.3) is 11.3 Å². The maximum absolute atomic E-state index is 13.0. The molecule has 1 aliphatic carbocycles. The first-order chi connectivity index (χ1) is 13.9. The first kappa shape index (κ1) is 17.9. The normalized spacial score (nSPS) is 21.5. The van der Waals surface area contributed by atoms with Crippen LogP contribution in [0, 0.1) is 5.92 Å². The van der Waals surface area contributed by atoms with Crippen LogP contribution in [0.1, 0.15) is 42.1 Å². The number of furan rings is 1. The highest BCUT2D eigenvalue weighted by atomic mass is 19.4. The molecule has 2 unspecified atom stereocenters. The quantitative estimate of drug-likeness (QED) is 0.638. The van der Waals surface area contributed by atoms with Crippen molar-refractivity contribution in [3.8, 4) is 11.3 Å². The van der Waals surface area contributed by atoms with Crippen LogP contribution < -0.4 is 0 Å². The monoisotopic (exact) mass is 399 g/mol. The number of alkyl halides is 3. The van der Waals surface area contributed by atoms with Crippen molar-refractivity contribution in [1.82, 2.24) is 10.2 Å². The summed E-state index contributed by atoms with van der Waals surface area (Å²) in [4.78, 5) is 17.3. The van der Waals surface area contributed by atoms with Gasteiger partial charge in [0.25, 0.3) is 0 Å². The molecule has 3 heterocycles. The number of fused-ring (bicyclic) bond motifs is 2. The molecule has 2 aliphatic rings. The second kappa shape index (κ2) is 6.43. The van der Waals surface area contributed by atoms with Crippen molar-refractivity contribution in [2.75, 3.05) is 0 Å². The van der Waals surface area contributed by atoms with Crippen molar-refractivity contribution in [2.45, 2.75) is 31.4 Å². The Morgan fingerprint density at radius 1 is 1.10 bits per heavy atom. The maximum atomic E-state index is 13.0. The molecule has 5 rings (SSSR count). The number of Topliss-reactive ketones (excluding diaryl/α,β-unsaturated/α-hetero) is 1. The zero-order valence-electron chi connectivity index (χ0n) is 15.2. The highest BCUT2D eigenvalue weighted by Gasteiger charge is 2.43. The largest absolute Gasteiger partial charge is 0.460 e. The first-order valence-corrected chi connectivity index (χ1v) is 9.32. The summed E-state index contributed by atoms with van der Waals surface area (Å²) in [5.41, 5.74) is 1.16. The fourth-order valence-electron chi connectivity index (χ4n) is 4.21. The zero-order chi connectivity index (χ0) is 20.2. The third-order valence-corrected chi connectivity index (χ3v) is 5.54. The number of nitrogens with zero attached hydrogens (tertiary/aromatic N) is 2. The van der Waals surface area contributed by atoms with E-state index in [1.54, 1.807) is 24.4 Å². The minimum atomic E-state index is -4.43. The number of hydrogen-bond donors (Lipinski definition) is 1. The van der Waals surface area contributed by atoms with Gasteiger partial charge in [0.1, 0.15) is 17.3 Å². The Morgan fingerprint density at radius 2 is 1.97 bits per heavy atom. The van der Waals surface area contributed by atoms with E-state index in [0.29, 0.717) is 29.3 Å². The lowest BCUT2D eigenvalue weighted by molar-refractivity contribution is -0.137. The van der Waals surface area contributed by atoms with Gasteiger partial charge in [0, 0.05) is 23.3 Å². The van der Waals surface area contributed by atoms with Crippen molar-refractivity contribution in [1.29, 1.82) is 0 Å². The highest BCUT2D eigenvalue weighted by Crippen LogP contribution is 2.45. The summed E-state index contributed by atoms with van der Waals surface area (Å²) < 4.78 is 45.1. The van der Waals surface area contributed by atoms with Gasteiger partial charge in [-0.05, 0) is 37.1 Å². The predicted octanol–water partition coefficient (Wildman–Crippen LogP) is 5.28. The van der Waals surface area contributed by atoms with Crippen LogP contribution in [-0.4, -0.2) is 21.7 Å². The Bertz CT molecular complexity index is 1130. The number of nitrogens with one attached hydrogen (secondary N) is 1. The van der Waals surface area contributed by atoms with Crippen molar-refractivity contribution >= 4 is 17.3 Å². The third kappa shape index (κ3) is 2.99. The number of aliphatic imine (C=N–C) groups is 1. The molecule has 0 radical (unpaired) electrons. The van der Waals surface area contributed by atoms with Crippen molar-refractivity contribution in [2.24, 2.45) is 10.9 Å². The Kier molecular flexibility index (Phi) is 3.97. The molecule has 0 amide bonds. The van der Waals surface area contributed by atoms with Gasteiger partial charge in [0.05, 0.1) is 23.6 Å². The topological polar surface area (TPSA) is 71.2 Å². The molecule has 0 bridgehead atoms. The van der Waals surface area contributed by atoms with E-state index in [4.69, 9.17) is 4.42 Å². The molecular formula is C21H16F3N3O2. The van der Waals surface area contributed by atoms with Crippen LogP contribution in [0.2, 0.25) is 0 Å². The van der Waals surface area contributed by atoms with Crippen molar-refractivity contribution in [3.63, 3.8) is 0 Å². The third-order valence-electron chi connectivity index (χ3n) is 5.54. The molecule has 1 N–H and O–H groups in total. The van der Waals surface area contributed by atoms with E-state index < -0.39 is 17.7 Å². The van der Waals surface area contributed by atoms with E-state index in [0.717, 1.165) is 36.2 Å². The fourth-order valence-corrected chi connectivity index (χ4v) is 4.21. The summed E-state index contributed by atoms with van der Waals surface area (Å²) in [6.45, 7) is 0. The zero-order valence-corrected chi connectivity index (χ0v) is 15.2. The van der Waals surface area contributed by atoms with Gasteiger partial charge < -0.3 is 4.42 Å². The molecule has 1 saturated carbocycles. The van der Waals surface area contributed by atoms with Gasteiger partial charge in [-0.25, -0.2) is 4.99 Å². The van der Waals surface area contributed by atoms with Gasteiger partial charge in [0.15, 0.2) is 5.82 Å².